The molecule has 0 saturated carbocycles. The minimum absolute atomic E-state index is 0.134. The number of piperazine rings is 1. The predicted octanol–water partition coefficient (Wildman–Crippen LogP) is 0.913. The van der Waals surface area contributed by atoms with Crippen molar-refractivity contribution in [2.24, 2.45) is 0 Å². The number of rotatable bonds is 2. The van der Waals surface area contributed by atoms with Crippen molar-refractivity contribution in [3.8, 4) is 0 Å². The Balaban J connectivity index is 1.54. The number of likely N-dealkylation sites (tertiary alicyclic amines) is 1. The van der Waals surface area contributed by atoms with E-state index in [9.17, 15) is 9.59 Å². The van der Waals surface area contributed by atoms with Gasteiger partial charge in [0.15, 0.2) is 0 Å². The van der Waals surface area contributed by atoms with Gasteiger partial charge in [-0.05, 0) is 18.6 Å². The first kappa shape index (κ1) is 15.4. The van der Waals surface area contributed by atoms with Gasteiger partial charge in [-0.3, -0.25) is 9.69 Å². The van der Waals surface area contributed by atoms with Crippen LogP contribution < -0.4 is 10.9 Å². The Kier molecular flexibility index (Phi) is 4.08. The fourth-order valence-electron chi connectivity index (χ4n) is 3.65. The van der Waals surface area contributed by atoms with Gasteiger partial charge in [-0.2, -0.15) is 0 Å². The number of fused-ring (bicyclic) bond motifs is 1. The van der Waals surface area contributed by atoms with Crippen LogP contribution in [0.1, 0.15) is 16.8 Å². The van der Waals surface area contributed by atoms with E-state index in [0.717, 1.165) is 38.0 Å². The van der Waals surface area contributed by atoms with Gasteiger partial charge in [-0.1, -0.05) is 18.2 Å². The minimum atomic E-state index is -0.552. The van der Waals surface area contributed by atoms with Crippen molar-refractivity contribution >= 4 is 16.9 Å². The van der Waals surface area contributed by atoms with Crippen LogP contribution in [0.25, 0.3) is 11.0 Å². The van der Waals surface area contributed by atoms with Gasteiger partial charge in [-0.25, -0.2) is 4.79 Å². The standard InChI is InChI=1S/C18H21N3O3/c22-17(15-11-13-3-1-2-4-16(13)24-18(15)23)21-8-5-14(12-21)20-9-6-19-7-10-20/h1-4,11,14,19H,5-10,12H2. The van der Waals surface area contributed by atoms with Crippen LogP contribution in [0, 0.1) is 0 Å². The fraction of sp³-hybridized carbons (Fsp3) is 0.444. The van der Waals surface area contributed by atoms with Crippen molar-refractivity contribution in [3.05, 3.63) is 46.3 Å². The molecule has 0 aliphatic carbocycles. The second-order valence-electron chi connectivity index (χ2n) is 6.46. The van der Waals surface area contributed by atoms with E-state index in [-0.39, 0.29) is 11.5 Å². The van der Waals surface area contributed by atoms with Crippen molar-refractivity contribution in [2.75, 3.05) is 39.3 Å². The van der Waals surface area contributed by atoms with Gasteiger partial charge in [0.2, 0.25) is 0 Å². The molecule has 24 heavy (non-hydrogen) atoms. The number of benzene rings is 1. The lowest BCUT2D eigenvalue weighted by molar-refractivity contribution is 0.0769. The summed E-state index contributed by atoms with van der Waals surface area (Å²) in [5.74, 6) is -0.216. The Hall–Kier alpha value is -2.18. The van der Waals surface area contributed by atoms with Crippen molar-refractivity contribution in [1.82, 2.24) is 15.1 Å². The van der Waals surface area contributed by atoms with Crippen molar-refractivity contribution in [2.45, 2.75) is 12.5 Å². The zero-order valence-electron chi connectivity index (χ0n) is 13.5. The SMILES string of the molecule is O=C(c1cc2ccccc2oc1=O)N1CCC(N2CCNCC2)C1. The summed E-state index contributed by atoms with van der Waals surface area (Å²) in [5, 5.41) is 4.12. The summed E-state index contributed by atoms with van der Waals surface area (Å²) in [5.41, 5.74) is 0.0955. The first-order valence-electron chi connectivity index (χ1n) is 8.49. The van der Waals surface area contributed by atoms with Crippen LogP contribution in [-0.2, 0) is 0 Å². The maximum Gasteiger partial charge on any atom is 0.349 e. The third-order valence-electron chi connectivity index (χ3n) is 4.99. The van der Waals surface area contributed by atoms with Gasteiger partial charge in [0.1, 0.15) is 11.1 Å². The number of carbonyl (C=O) groups is 1. The van der Waals surface area contributed by atoms with Gasteiger partial charge >= 0.3 is 5.63 Å². The summed E-state index contributed by atoms with van der Waals surface area (Å²) in [4.78, 5) is 29.2. The normalized spacial score (nSPS) is 22.2. The number of nitrogens with zero attached hydrogens (tertiary/aromatic N) is 2. The minimum Gasteiger partial charge on any atom is -0.422 e. The van der Waals surface area contributed by atoms with Gasteiger partial charge in [0, 0.05) is 50.7 Å². The highest BCUT2D eigenvalue weighted by molar-refractivity contribution is 5.96. The largest absolute Gasteiger partial charge is 0.422 e. The number of hydrogen-bond acceptors (Lipinski definition) is 5. The lowest BCUT2D eigenvalue weighted by Crippen LogP contribution is -2.49. The van der Waals surface area contributed by atoms with E-state index in [1.165, 1.54) is 0 Å². The molecule has 0 radical (unpaired) electrons. The molecule has 1 atom stereocenters. The molecule has 2 aromatic rings. The fourth-order valence-corrected chi connectivity index (χ4v) is 3.65. The molecule has 0 bridgehead atoms. The molecule has 1 aromatic carbocycles. The second kappa shape index (κ2) is 6.37. The lowest BCUT2D eigenvalue weighted by atomic mass is 10.1. The molecule has 6 heteroatoms. The number of hydrogen-bond donors (Lipinski definition) is 1. The van der Waals surface area contributed by atoms with E-state index in [1.807, 2.05) is 18.2 Å². The maximum atomic E-state index is 12.8. The lowest BCUT2D eigenvalue weighted by Gasteiger charge is -2.32. The third kappa shape index (κ3) is 2.83. The molecule has 2 saturated heterocycles. The molecule has 1 N–H and O–H groups in total. The van der Waals surface area contributed by atoms with E-state index < -0.39 is 5.63 Å². The highest BCUT2D eigenvalue weighted by Crippen LogP contribution is 2.19. The summed E-state index contributed by atoms with van der Waals surface area (Å²) in [6, 6.07) is 9.31. The molecule has 1 unspecified atom stereocenters. The summed E-state index contributed by atoms with van der Waals surface area (Å²) >= 11 is 0. The summed E-state index contributed by atoms with van der Waals surface area (Å²) in [7, 11) is 0. The molecular weight excluding hydrogens is 306 g/mol. The Morgan fingerprint density at radius 1 is 1.17 bits per heavy atom. The van der Waals surface area contributed by atoms with Crippen molar-refractivity contribution in [3.63, 3.8) is 0 Å². The quantitative estimate of drug-likeness (QED) is 0.831. The number of carbonyl (C=O) groups excluding carboxylic acids is 1. The zero-order chi connectivity index (χ0) is 16.5. The summed E-state index contributed by atoms with van der Waals surface area (Å²) in [6.07, 6.45) is 0.963. The molecule has 3 heterocycles. The zero-order valence-corrected chi connectivity index (χ0v) is 13.5. The number of amides is 1. The van der Waals surface area contributed by atoms with E-state index in [0.29, 0.717) is 24.7 Å². The first-order valence-corrected chi connectivity index (χ1v) is 8.49. The molecule has 126 valence electrons. The molecule has 0 spiro atoms. The number of para-hydroxylation sites is 1. The highest BCUT2D eigenvalue weighted by atomic mass is 16.4. The molecule has 2 fully saturated rings. The Bertz CT molecular complexity index is 811. The average Bonchev–Trinajstić information content (AvgIpc) is 3.11. The first-order chi connectivity index (χ1) is 11.7. The highest BCUT2D eigenvalue weighted by Gasteiger charge is 2.32. The van der Waals surface area contributed by atoms with E-state index in [4.69, 9.17) is 4.42 Å². The van der Waals surface area contributed by atoms with Crippen molar-refractivity contribution < 1.29 is 9.21 Å². The maximum absolute atomic E-state index is 12.8. The smallest absolute Gasteiger partial charge is 0.349 e. The van der Waals surface area contributed by atoms with Gasteiger partial charge in [-0.15, -0.1) is 0 Å². The van der Waals surface area contributed by atoms with Gasteiger partial charge in [0.25, 0.3) is 5.91 Å². The topological polar surface area (TPSA) is 65.8 Å². The summed E-state index contributed by atoms with van der Waals surface area (Å²) < 4.78 is 5.29. The molecule has 1 aromatic heterocycles. The van der Waals surface area contributed by atoms with E-state index >= 15 is 0 Å². The molecule has 4 rings (SSSR count). The molecule has 2 aliphatic rings. The van der Waals surface area contributed by atoms with E-state index in [2.05, 4.69) is 10.2 Å². The number of nitrogens with one attached hydrogen (secondary N) is 1. The van der Waals surface area contributed by atoms with Gasteiger partial charge in [0.05, 0.1) is 0 Å². The second-order valence-corrected chi connectivity index (χ2v) is 6.46. The third-order valence-corrected chi connectivity index (χ3v) is 4.99. The van der Waals surface area contributed by atoms with Crippen LogP contribution in [0.15, 0.2) is 39.5 Å². The van der Waals surface area contributed by atoms with Crippen LogP contribution in [0.5, 0.6) is 0 Å². The van der Waals surface area contributed by atoms with Crippen LogP contribution in [0.3, 0.4) is 0 Å². The molecule has 1 amide bonds. The van der Waals surface area contributed by atoms with Crippen LogP contribution in [0.4, 0.5) is 0 Å². The van der Waals surface area contributed by atoms with Crippen LogP contribution in [0.2, 0.25) is 0 Å². The van der Waals surface area contributed by atoms with E-state index in [1.54, 1.807) is 17.0 Å². The summed E-state index contributed by atoms with van der Waals surface area (Å²) in [6.45, 7) is 5.41. The monoisotopic (exact) mass is 327 g/mol. The Labute approximate surface area is 140 Å². The Morgan fingerprint density at radius 3 is 2.79 bits per heavy atom. The predicted molar refractivity (Wildman–Crippen MR) is 91.2 cm³/mol. The molecular formula is C18H21N3O3. The Morgan fingerprint density at radius 2 is 1.96 bits per heavy atom. The van der Waals surface area contributed by atoms with Gasteiger partial charge < -0.3 is 14.6 Å². The average molecular weight is 327 g/mol. The van der Waals surface area contributed by atoms with Crippen molar-refractivity contribution in [1.29, 1.82) is 0 Å². The molecule has 6 nitrogen and oxygen atoms in total. The molecule has 2 aliphatic heterocycles. The van der Waals surface area contributed by atoms with Crippen LogP contribution in [-0.4, -0.2) is 61.0 Å². The van der Waals surface area contributed by atoms with Crippen LogP contribution >= 0.6 is 0 Å².